The van der Waals surface area contributed by atoms with Crippen LogP contribution in [0.4, 0.5) is 0 Å². The minimum atomic E-state index is 0.308. The van der Waals surface area contributed by atoms with Crippen LogP contribution in [0.1, 0.15) is 0 Å². The summed E-state index contributed by atoms with van der Waals surface area (Å²) in [5, 5.41) is 0.869. The van der Waals surface area contributed by atoms with Gasteiger partial charge >= 0.3 is 0 Å². The summed E-state index contributed by atoms with van der Waals surface area (Å²) in [6.07, 6.45) is 0. The molecule has 0 aliphatic heterocycles. The molecule has 3 nitrogen and oxygen atoms in total. The summed E-state index contributed by atoms with van der Waals surface area (Å²) < 4.78 is 5.24. The molecule has 0 aromatic heterocycles. The molecular weight excluding hydrogens is 213 g/mol. The first kappa shape index (κ1) is 10.6. The molecule has 0 amide bonds. The van der Waals surface area contributed by atoms with Crippen molar-refractivity contribution >= 4 is 23.2 Å². The maximum Gasteiger partial charge on any atom is 0.139 e. The Labute approximate surface area is 86.3 Å². The molecule has 1 aromatic carbocycles. The fourth-order valence-electron chi connectivity index (χ4n) is 0.795. The van der Waals surface area contributed by atoms with E-state index in [1.54, 1.807) is 18.2 Å². The van der Waals surface area contributed by atoms with Crippen LogP contribution < -0.4 is 10.6 Å². The third-order valence-corrected chi connectivity index (χ3v) is 2.18. The highest BCUT2D eigenvalue weighted by atomic mass is 35.5. The zero-order valence-corrected chi connectivity index (χ0v) is 8.31. The third kappa shape index (κ3) is 3.04. The Bertz CT molecular complexity index is 281. The van der Waals surface area contributed by atoms with Crippen molar-refractivity contribution in [1.29, 1.82) is 0 Å². The molecule has 0 radical (unpaired) electrons. The van der Waals surface area contributed by atoms with Gasteiger partial charge in [0.2, 0.25) is 0 Å². The van der Waals surface area contributed by atoms with Crippen LogP contribution in [-0.2, 0) is 4.84 Å². The molecule has 1 aromatic rings. The van der Waals surface area contributed by atoms with Crippen LogP contribution >= 0.6 is 23.2 Å². The van der Waals surface area contributed by atoms with Crippen LogP contribution in [0.2, 0.25) is 10.0 Å². The van der Waals surface area contributed by atoms with Crippen molar-refractivity contribution < 1.29 is 9.57 Å². The lowest BCUT2D eigenvalue weighted by atomic mass is 10.3. The van der Waals surface area contributed by atoms with E-state index in [0.29, 0.717) is 29.0 Å². The number of hydrogen-bond donors (Lipinski definition) is 1. The van der Waals surface area contributed by atoms with Crippen LogP contribution in [0.15, 0.2) is 18.2 Å². The molecule has 0 saturated carbocycles. The van der Waals surface area contributed by atoms with Gasteiger partial charge in [0, 0.05) is 0 Å². The van der Waals surface area contributed by atoms with Gasteiger partial charge in [-0.05, 0) is 12.1 Å². The maximum atomic E-state index is 5.84. The van der Waals surface area contributed by atoms with E-state index >= 15 is 0 Å². The minimum Gasteiger partial charge on any atom is -0.489 e. The predicted octanol–water partition coefficient (Wildman–Crippen LogP) is 2.26. The predicted molar refractivity (Wildman–Crippen MR) is 52.1 cm³/mol. The first-order valence-electron chi connectivity index (χ1n) is 3.64. The molecule has 0 aliphatic carbocycles. The Morgan fingerprint density at radius 2 is 2.00 bits per heavy atom. The summed E-state index contributed by atoms with van der Waals surface area (Å²) in [6.45, 7) is 0.652. The van der Waals surface area contributed by atoms with Gasteiger partial charge in [-0.15, -0.1) is 0 Å². The van der Waals surface area contributed by atoms with Gasteiger partial charge in [0.1, 0.15) is 24.0 Å². The van der Waals surface area contributed by atoms with Crippen molar-refractivity contribution in [3.05, 3.63) is 28.2 Å². The van der Waals surface area contributed by atoms with Gasteiger partial charge in [0.15, 0.2) is 0 Å². The van der Waals surface area contributed by atoms with E-state index in [1.165, 1.54) is 0 Å². The maximum absolute atomic E-state index is 5.84. The summed E-state index contributed by atoms with van der Waals surface area (Å²) in [5.74, 6) is 5.36. The second-order valence-electron chi connectivity index (χ2n) is 2.27. The largest absolute Gasteiger partial charge is 0.489 e. The molecule has 5 heteroatoms. The summed E-state index contributed by atoms with van der Waals surface area (Å²) in [7, 11) is 0. The molecule has 0 heterocycles. The first-order chi connectivity index (χ1) is 6.25. The van der Waals surface area contributed by atoms with Crippen LogP contribution in [0.3, 0.4) is 0 Å². The number of benzene rings is 1. The molecule has 1 rings (SSSR count). The van der Waals surface area contributed by atoms with Crippen molar-refractivity contribution in [1.82, 2.24) is 0 Å². The fraction of sp³-hybridized carbons (Fsp3) is 0.250. The average molecular weight is 222 g/mol. The van der Waals surface area contributed by atoms with Crippen molar-refractivity contribution in [2.24, 2.45) is 5.90 Å². The number of halogens is 2. The zero-order valence-electron chi connectivity index (χ0n) is 6.80. The molecule has 0 bridgehead atoms. The smallest absolute Gasteiger partial charge is 0.139 e. The van der Waals surface area contributed by atoms with Crippen molar-refractivity contribution in [3.8, 4) is 5.75 Å². The molecule has 72 valence electrons. The quantitative estimate of drug-likeness (QED) is 0.627. The standard InChI is InChI=1S/C8H9Cl2NO2/c9-6-2-1-3-7(8(6)10)12-4-5-13-11/h1-3H,4-5,11H2. The van der Waals surface area contributed by atoms with Crippen molar-refractivity contribution in [2.75, 3.05) is 13.2 Å². The summed E-state index contributed by atoms with van der Waals surface area (Å²) in [5.41, 5.74) is 0. The van der Waals surface area contributed by atoms with Gasteiger partial charge in [0.25, 0.3) is 0 Å². The van der Waals surface area contributed by atoms with Crippen LogP contribution in [-0.4, -0.2) is 13.2 Å². The highest BCUT2D eigenvalue weighted by Gasteiger charge is 2.04. The van der Waals surface area contributed by atoms with Gasteiger partial charge < -0.3 is 9.57 Å². The molecule has 2 N–H and O–H groups in total. The van der Waals surface area contributed by atoms with Crippen LogP contribution in [0.25, 0.3) is 0 Å². The lowest BCUT2D eigenvalue weighted by molar-refractivity contribution is 0.102. The Kier molecular flexibility index (Phi) is 4.32. The Morgan fingerprint density at radius 3 is 2.69 bits per heavy atom. The minimum absolute atomic E-state index is 0.308. The van der Waals surface area contributed by atoms with Crippen molar-refractivity contribution in [3.63, 3.8) is 0 Å². The van der Waals surface area contributed by atoms with E-state index in [9.17, 15) is 0 Å². The van der Waals surface area contributed by atoms with E-state index in [0.717, 1.165) is 0 Å². The number of rotatable bonds is 4. The normalized spacial score (nSPS) is 10.1. The number of ether oxygens (including phenoxy) is 1. The third-order valence-electron chi connectivity index (χ3n) is 1.37. The van der Waals surface area contributed by atoms with Gasteiger partial charge in [-0.25, -0.2) is 5.90 Å². The zero-order chi connectivity index (χ0) is 9.68. The van der Waals surface area contributed by atoms with Crippen molar-refractivity contribution in [2.45, 2.75) is 0 Å². The van der Waals surface area contributed by atoms with Gasteiger partial charge in [-0.2, -0.15) is 0 Å². The average Bonchev–Trinajstić information content (AvgIpc) is 2.13. The van der Waals surface area contributed by atoms with Crippen LogP contribution in [0.5, 0.6) is 5.75 Å². The second kappa shape index (κ2) is 5.29. The lowest BCUT2D eigenvalue weighted by Gasteiger charge is -2.07. The molecule has 0 atom stereocenters. The number of nitrogens with two attached hydrogens (primary N) is 1. The Morgan fingerprint density at radius 1 is 1.23 bits per heavy atom. The molecule has 0 spiro atoms. The van der Waals surface area contributed by atoms with E-state index < -0.39 is 0 Å². The fourth-order valence-corrected chi connectivity index (χ4v) is 1.14. The summed E-state index contributed by atoms with van der Waals surface area (Å²) in [4.78, 5) is 4.33. The molecule has 0 aliphatic rings. The molecule has 0 unspecified atom stereocenters. The first-order valence-corrected chi connectivity index (χ1v) is 4.40. The molecule has 0 fully saturated rings. The van der Waals surface area contributed by atoms with Crippen LogP contribution in [0, 0.1) is 0 Å². The summed E-state index contributed by atoms with van der Waals surface area (Å²) in [6, 6.07) is 5.17. The number of hydrogen-bond acceptors (Lipinski definition) is 3. The second-order valence-corrected chi connectivity index (χ2v) is 3.06. The van der Waals surface area contributed by atoms with Gasteiger partial charge in [-0.3, -0.25) is 0 Å². The Balaban J connectivity index is 2.61. The summed E-state index contributed by atoms with van der Waals surface area (Å²) >= 11 is 11.6. The molecule has 0 saturated heterocycles. The molecule has 13 heavy (non-hydrogen) atoms. The lowest BCUT2D eigenvalue weighted by Crippen LogP contribution is -2.10. The monoisotopic (exact) mass is 221 g/mol. The van der Waals surface area contributed by atoms with E-state index in [4.69, 9.17) is 33.8 Å². The molecular formula is C8H9Cl2NO2. The van der Waals surface area contributed by atoms with Gasteiger partial charge in [0.05, 0.1) is 5.02 Å². The highest BCUT2D eigenvalue weighted by molar-refractivity contribution is 6.42. The SMILES string of the molecule is NOCCOc1cccc(Cl)c1Cl. The highest BCUT2D eigenvalue weighted by Crippen LogP contribution is 2.31. The van der Waals surface area contributed by atoms with E-state index in [1.807, 2.05) is 0 Å². The Hall–Kier alpha value is -0.480. The topological polar surface area (TPSA) is 44.5 Å². The van der Waals surface area contributed by atoms with E-state index in [2.05, 4.69) is 4.84 Å². The van der Waals surface area contributed by atoms with E-state index in [-0.39, 0.29) is 0 Å². The van der Waals surface area contributed by atoms with Gasteiger partial charge in [-0.1, -0.05) is 29.3 Å².